The number of unbranched alkanes of at least 4 members (excludes halogenated alkanes) is 2. The smallest absolute Gasteiger partial charge is 0.460 e. The standard InChI is InChI=1S/C15H13F17O/c1-2-33-7-5-3-4-6-8(16,17)9(18,19)10(20,21)11(22,23)12(24,25)13(26,27)14(28,29)15(30,31)32/h2H,1,3-7H2. The van der Waals surface area contributed by atoms with E-state index in [9.17, 15) is 74.6 Å². The van der Waals surface area contributed by atoms with Crippen molar-refractivity contribution in [1.29, 1.82) is 0 Å². The van der Waals surface area contributed by atoms with Crippen molar-refractivity contribution in [2.24, 2.45) is 0 Å². The molecule has 0 aliphatic carbocycles. The van der Waals surface area contributed by atoms with Crippen molar-refractivity contribution >= 4 is 0 Å². The molecule has 0 unspecified atom stereocenters. The maximum absolute atomic E-state index is 13.5. The summed E-state index contributed by atoms with van der Waals surface area (Å²) in [7, 11) is 0. The van der Waals surface area contributed by atoms with Gasteiger partial charge in [0.15, 0.2) is 0 Å². The molecule has 0 rings (SSSR count). The van der Waals surface area contributed by atoms with Gasteiger partial charge in [-0.3, -0.25) is 0 Å². The summed E-state index contributed by atoms with van der Waals surface area (Å²) in [5.74, 6) is -55.9. The van der Waals surface area contributed by atoms with Gasteiger partial charge in [0, 0.05) is 6.42 Å². The van der Waals surface area contributed by atoms with Crippen molar-refractivity contribution in [2.75, 3.05) is 6.61 Å². The molecule has 1 nitrogen and oxygen atoms in total. The minimum Gasteiger partial charge on any atom is -0.502 e. The van der Waals surface area contributed by atoms with Gasteiger partial charge in [0.25, 0.3) is 0 Å². The molecule has 0 spiro atoms. The van der Waals surface area contributed by atoms with Crippen molar-refractivity contribution in [3.63, 3.8) is 0 Å². The third kappa shape index (κ3) is 4.93. The maximum atomic E-state index is 13.5. The van der Waals surface area contributed by atoms with E-state index in [-0.39, 0.29) is 13.0 Å². The number of rotatable bonds is 13. The van der Waals surface area contributed by atoms with Gasteiger partial charge in [-0.1, -0.05) is 6.58 Å². The van der Waals surface area contributed by atoms with Crippen LogP contribution >= 0.6 is 0 Å². The fourth-order valence-electron chi connectivity index (χ4n) is 2.15. The average molecular weight is 532 g/mol. The van der Waals surface area contributed by atoms with Crippen LogP contribution < -0.4 is 0 Å². The first-order chi connectivity index (χ1) is 14.3. The Morgan fingerprint density at radius 3 is 1.21 bits per heavy atom. The molecule has 0 aliphatic rings. The Morgan fingerprint density at radius 2 is 0.848 bits per heavy atom. The van der Waals surface area contributed by atoms with E-state index in [1.807, 2.05) is 0 Å². The summed E-state index contributed by atoms with van der Waals surface area (Å²) < 4.78 is 226. The first-order valence-corrected chi connectivity index (χ1v) is 8.25. The molecular weight excluding hydrogens is 519 g/mol. The van der Waals surface area contributed by atoms with Gasteiger partial charge < -0.3 is 4.74 Å². The first kappa shape index (κ1) is 31.4. The highest BCUT2D eigenvalue weighted by Crippen LogP contribution is 2.64. The van der Waals surface area contributed by atoms with Gasteiger partial charge in [-0.2, -0.15) is 74.6 Å². The van der Waals surface area contributed by atoms with Gasteiger partial charge in [0.1, 0.15) is 0 Å². The first-order valence-electron chi connectivity index (χ1n) is 8.25. The van der Waals surface area contributed by atoms with Crippen molar-refractivity contribution in [3.8, 4) is 0 Å². The minimum absolute atomic E-state index is 0.211. The summed E-state index contributed by atoms with van der Waals surface area (Å²) in [5.41, 5.74) is 0. The van der Waals surface area contributed by atoms with E-state index in [0.29, 0.717) is 0 Å². The fourth-order valence-corrected chi connectivity index (χ4v) is 2.15. The zero-order valence-corrected chi connectivity index (χ0v) is 15.7. The number of ether oxygens (including phenoxy) is 1. The van der Waals surface area contributed by atoms with Gasteiger partial charge in [-0.05, 0) is 19.3 Å². The summed E-state index contributed by atoms with van der Waals surface area (Å²) >= 11 is 0. The molecule has 0 aliphatic heterocycles. The Labute approximate surface area is 173 Å². The summed E-state index contributed by atoms with van der Waals surface area (Å²) in [4.78, 5) is 0. The van der Waals surface area contributed by atoms with Crippen LogP contribution in [0.2, 0.25) is 0 Å². The van der Waals surface area contributed by atoms with Crippen molar-refractivity contribution < 1.29 is 79.4 Å². The molecule has 0 saturated carbocycles. The van der Waals surface area contributed by atoms with Gasteiger partial charge in [0.05, 0.1) is 12.9 Å². The predicted molar refractivity (Wildman–Crippen MR) is 75.3 cm³/mol. The lowest BCUT2D eigenvalue weighted by Gasteiger charge is -2.42. The highest BCUT2D eigenvalue weighted by atomic mass is 19.4. The second-order valence-electron chi connectivity index (χ2n) is 6.50. The van der Waals surface area contributed by atoms with Gasteiger partial charge in [0.2, 0.25) is 0 Å². The lowest BCUT2D eigenvalue weighted by Crippen LogP contribution is -2.74. The topological polar surface area (TPSA) is 9.23 Å². The molecule has 198 valence electrons. The van der Waals surface area contributed by atoms with Crippen molar-refractivity contribution in [1.82, 2.24) is 0 Å². The van der Waals surface area contributed by atoms with Gasteiger partial charge in [-0.25, -0.2) is 0 Å². The fraction of sp³-hybridized carbons (Fsp3) is 0.867. The SMILES string of the molecule is C=COCCCCCC(F)(F)C(F)(F)C(F)(F)C(F)(F)C(F)(F)C(F)(F)C(F)(F)C(F)(F)F. The zero-order valence-electron chi connectivity index (χ0n) is 15.7. The van der Waals surface area contributed by atoms with Crippen molar-refractivity contribution in [2.45, 2.75) is 73.3 Å². The van der Waals surface area contributed by atoms with E-state index in [1.54, 1.807) is 0 Å². The molecule has 0 radical (unpaired) electrons. The van der Waals surface area contributed by atoms with E-state index in [1.165, 1.54) is 0 Å². The molecular formula is C15H13F17O. The molecule has 0 heterocycles. The van der Waals surface area contributed by atoms with Crippen LogP contribution in [0.25, 0.3) is 0 Å². The number of alkyl halides is 17. The predicted octanol–water partition coefficient (Wildman–Crippen LogP) is 7.72. The van der Waals surface area contributed by atoms with Crippen LogP contribution in [0, 0.1) is 0 Å². The van der Waals surface area contributed by atoms with Crippen LogP contribution in [0.3, 0.4) is 0 Å². The highest BCUT2D eigenvalue weighted by molar-refractivity contribution is 5.15. The Bertz CT molecular complexity index is 664. The van der Waals surface area contributed by atoms with Gasteiger partial charge in [-0.15, -0.1) is 0 Å². The molecule has 0 amide bonds. The van der Waals surface area contributed by atoms with Crippen LogP contribution in [-0.2, 0) is 4.74 Å². The normalized spacial score (nSPS) is 15.5. The number of hydrogen-bond donors (Lipinski definition) is 0. The Morgan fingerprint density at radius 1 is 0.485 bits per heavy atom. The number of halogens is 17. The van der Waals surface area contributed by atoms with E-state index >= 15 is 0 Å². The molecule has 0 aromatic rings. The third-order valence-electron chi connectivity index (χ3n) is 4.16. The molecule has 18 heteroatoms. The molecule has 0 saturated heterocycles. The summed E-state index contributed by atoms with van der Waals surface area (Å²) in [6.07, 6.45) is -11.2. The molecule has 0 atom stereocenters. The molecule has 33 heavy (non-hydrogen) atoms. The second kappa shape index (κ2) is 9.19. The van der Waals surface area contributed by atoms with E-state index in [4.69, 9.17) is 0 Å². The van der Waals surface area contributed by atoms with Crippen LogP contribution in [-0.4, -0.2) is 54.2 Å². The van der Waals surface area contributed by atoms with Crippen LogP contribution in [0.1, 0.15) is 25.7 Å². The minimum atomic E-state index is -8.59. The average Bonchev–Trinajstić information content (AvgIpc) is 2.62. The zero-order chi connectivity index (χ0) is 26.9. The van der Waals surface area contributed by atoms with Gasteiger partial charge >= 0.3 is 47.6 Å². The summed E-state index contributed by atoms with van der Waals surface area (Å²) in [6, 6.07) is 0. The van der Waals surface area contributed by atoms with E-state index < -0.39 is 66.9 Å². The largest absolute Gasteiger partial charge is 0.502 e. The quantitative estimate of drug-likeness (QED) is 0.134. The van der Waals surface area contributed by atoms with Crippen LogP contribution in [0.4, 0.5) is 74.6 Å². The number of hydrogen-bond acceptors (Lipinski definition) is 1. The maximum Gasteiger partial charge on any atom is 0.460 e. The van der Waals surface area contributed by atoms with E-state index in [2.05, 4.69) is 11.3 Å². The molecule has 0 N–H and O–H groups in total. The third-order valence-corrected chi connectivity index (χ3v) is 4.16. The van der Waals surface area contributed by atoms with E-state index in [0.717, 1.165) is 6.26 Å². The lowest BCUT2D eigenvalue weighted by molar-refractivity contribution is -0.461. The summed E-state index contributed by atoms with van der Waals surface area (Å²) in [6.45, 7) is 2.79. The van der Waals surface area contributed by atoms with Crippen LogP contribution in [0.15, 0.2) is 12.8 Å². The Kier molecular flexibility index (Phi) is 8.73. The molecule has 0 aromatic carbocycles. The van der Waals surface area contributed by atoms with Crippen LogP contribution in [0.5, 0.6) is 0 Å². The lowest BCUT2D eigenvalue weighted by atomic mass is 9.88. The molecule has 0 aromatic heterocycles. The molecule has 0 fully saturated rings. The Balaban J connectivity index is 6.14. The molecule has 0 bridgehead atoms. The van der Waals surface area contributed by atoms with Crippen molar-refractivity contribution in [3.05, 3.63) is 12.8 Å². The highest BCUT2D eigenvalue weighted by Gasteiger charge is 2.95. The Hall–Kier alpha value is -1.65. The second-order valence-corrected chi connectivity index (χ2v) is 6.50. The summed E-state index contributed by atoms with van der Waals surface area (Å²) in [5, 5.41) is 0. The monoisotopic (exact) mass is 532 g/mol.